The zero-order valence-corrected chi connectivity index (χ0v) is 10.5. The van der Waals surface area contributed by atoms with Crippen LogP contribution >= 0.6 is 0 Å². The van der Waals surface area contributed by atoms with Crippen LogP contribution in [-0.2, 0) is 4.79 Å². The fourth-order valence-electron chi connectivity index (χ4n) is 1.90. The van der Waals surface area contributed by atoms with Gasteiger partial charge in [0.05, 0.1) is 12.2 Å². The van der Waals surface area contributed by atoms with E-state index in [9.17, 15) is 4.79 Å². The summed E-state index contributed by atoms with van der Waals surface area (Å²) in [5, 5.41) is 6.10. The summed E-state index contributed by atoms with van der Waals surface area (Å²) < 4.78 is 5.67. The first kappa shape index (κ1) is 12.5. The molecule has 0 bridgehead atoms. The summed E-state index contributed by atoms with van der Waals surface area (Å²) in [7, 11) is 0. The van der Waals surface area contributed by atoms with Gasteiger partial charge in [-0.15, -0.1) is 6.58 Å². The number of carbonyl (C=O) groups is 1. The van der Waals surface area contributed by atoms with E-state index in [1.54, 1.807) is 6.08 Å². The molecule has 0 spiro atoms. The van der Waals surface area contributed by atoms with Gasteiger partial charge in [0, 0.05) is 6.04 Å². The van der Waals surface area contributed by atoms with Crippen molar-refractivity contribution in [1.29, 1.82) is 0 Å². The minimum atomic E-state index is -0.479. The van der Waals surface area contributed by atoms with Crippen molar-refractivity contribution < 1.29 is 9.53 Å². The SMILES string of the molecule is C=CCC(C)NC(=O)C1CNc2ccccc2O1. The zero-order valence-electron chi connectivity index (χ0n) is 10.5. The summed E-state index contributed by atoms with van der Waals surface area (Å²) in [5.41, 5.74) is 0.931. The van der Waals surface area contributed by atoms with Crippen molar-refractivity contribution in [3.05, 3.63) is 36.9 Å². The quantitative estimate of drug-likeness (QED) is 0.798. The van der Waals surface area contributed by atoms with Gasteiger partial charge in [-0.1, -0.05) is 18.2 Å². The van der Waals surface area contributed by atoms with E-state index in [-0.39, 0.29) is 11.9 Å². The fourth-order valence-corrected chi connectivity index (χ4v) is 1.90. The predicted molar refractivity (Wildman–Crippen MR) is 71.8 cm³/mol. The Morgan fingerprint density at radius 2 is 2.44 bits per heavy atom. The standard InChI is InChI=1S/C14H18N2O2/c1-3-6-10(2)16-14(17)13-9-15-11-7-4-5-8-12(11)18-13/h3-5,7-8,10,13,15H,1,6,9H2,2H3,(H,16,17). The number of hydrogen-bond donors (Lipinski definition) is 2. The van der Waals surface area contributed by atoms with Crippen LogP contribution in [0.25, 0.3) is 0 Å². The Morgan fingerprint density at radius 3 is 3.22 bits per heavy atom. The molecule has 0 radical (unpaired) electrons. The average Bonchev–Trinajstić information content (AvgIpc) is 2.38. The molecule has 1 aromatic rings. The van der Waals surface area contributed by atoms with Crippen molar-refractivity contribution in [2.75, 3.05) is 11.9 Å². The number of amides is 1. The van der Waals surface area contributed by atoms with Crippen molar-refractivity contribution >= 4 is 11.6 Å². The van der Waals surface area contributed by atoms with Crippen LogP contribution in [0.1, 0.15) is 13.3 Å². The maximum atomic E-state index is 12.0. The summed E-state index contributed by atoms with van der Waals surface area (Å²) in [4.78, 5) is 12.0. The number of para-hydroxylation sites is 2. The van der Waals surface area contributed by atoms with Crippen LogP contribution in [-0.4, -0.2) is 24.6 Å². The molecule has 0 fully saturated rings. The molecule has 1 amide bonds. The maximum absolute atomic E-state index is 12.0. The molecule has 1 heterocycles. The van der Waals surface area contributed by atoms with E-state index in [4.69, 9.17) is 4.74 Å². The first-order valence-electron chi connectivity index (χ1n) is 6.11. The number of rotatable bonds is 4. The molecule has 2 rings (SSSR count). The number of anilines is 1. The van der Waals surface area contributed by atoms with Crippen LogP contribution in [0.2, 0.25) is 0 Å². The van der Waals surface area contributed by atoms with Crippen molar-refractivity contribution in [1.82, 2.24) is 5.32 Å². The molecule has 2 N–H and O–H groups in total. The molecule has 96 valence electrons. The van der Waals surface area contributed by atoms with Crippen molar-refractivity contribution in [3.63, 3.8) is 0 Å². The van der Waals surface area contributed by atoms with Gasteiger partial charge in [-0.2, -0.15) is 0 Å². The molecule has 0 saturated carbocycles. The zero-order chi connectivity index (χ0) is 13.0. The molecule has 1 aliphatic heterocycles. The van der Waals surface area contributed by atoms with Gasteiger partial charge < -0.3 is 15.4 Å². The Labute approximate surface area is 107 Å². The van der Waals surface area contributed by atoms with E-state index in [1.165, 1.54) is 0 Å². The van der Waals surface area contributed by atoms with Gasteiger partial charge in [-0.05, 0) is 25.5 Å². The van der Waals surface area contributed by atoms with Crippen LogP contribution in [0.3, 0.4) is 0 Å². The van der Waals surface area contributed by atoms with Gasteiger partial charge in [0.2, 0.25) is 0 Å². The number of benzene rings is 1. The number of nitrogens with one attached hydrogen (secondary N) is 2. The molecule has 0 aliphatic carbocycles. The Hall–Kier alpha value is -1.97. The first-order chi connectivity index (χ1) is 8.70. The number of carbonyl (C=O) groups excluding carboxylic acids is 1. The van der Waals surface area contributed by atoms with Crippen molar-refractivity contribution in [3.8, 4) is 5.75 Å². The molecule has 1 aromatic carbocycles. The predicted octanol–water partition coefficient (Wildman–Crippen LogP) is 1.94. The van der Waals surface area contributed by atoms with E-state index < -0.39 is 6.10 Å². The van der Waals surface area contributed by atoms with Crippen LogP contribution in [0.5, 0.6) is 5.75 Å². The topological polar surface area (TPSA) is 50.4 Å². The van der Waals surface area contributed by atoms with Crippen LogP contribution in [0, 0.1) is 0 Å². The second-order valence-electron chi connectivity index (χ2n) is 4.42. The molecule has 2 unspecified atom stereocenters. The third kappa shape index (κ3) is 2.83. The van der Waals surface area contributed by atoms with Crippen LogP contribution < -0.4 is 15.4 Å². The normalized spacial score (nSPS) is 18.8. The summed E-state index contributed by atoms with van der Waals surface area (Å²) in [6, 6.07) is 7.69. The highest BCUT2D eigenvalue weighted by Gasteiger charge is 2.26. The lowest BCUT2D eigenvalue weighted by molar-refractivity contribution is -0.128. The highest BCUT2D eigenvalue weighted by molar-refractivity contribution is 5.83. The van der Waals surface area contributed by atoms with E-state index in [1.807, 2.05) is 31.2 Å². The molecule has 1 aliphatic rings. The molecule has 0 aromatic heterocycles. The minimum Gasteiger partial charge on any atom is -0.477 e. The van der Waals surface area contributed by atoms with E-state index in [0.717, 1.165) is 17.9 Å². The molecular formula is C14H18N2O2. The first-order valence-corrected chi connectivity index (χ1v) is 6.11. The average molecular weight is 246 g/mol. The smallest absolute Gasteiger partial charge is 0.263 e. The fraction of sp³-hybridized carbons (Fsp3) is 0.357. The van der Waals surface area contributed by atoms with Gasteiger partial charge in [0.15, 0.2) is 6.10 Å². The Morgan fingerprint density at radius 1 is 1.67 bits per heavy atom. The second kappa shape index (κ2) is 5.58. The highest BCUT2D eigenvalue weighted by Crippen LogP contribution is 2.28. The number of ether oxygens (including phenoxy) is 1. The van der Waals surface area contributed by atoms with Gasteiger partial charge in [-0.25, -0.2) is 0 Å². The van der Waals surface area contributed by atoms with Crippen LogP contribution in [0.15, 0.2) is 36.9 Å². The molecule has 18 heavy (non-hydrogen) atoms. The third-order valence-corrected chi connectivity index (χ3v) is 2.84. The van der Waals surface area contributed by atoms with Gasteiger partial charge in [0.25, 0.3) is 5.91 Å². The van der Waals surface area contributed by atoms with Gasteiger partial charge >= 0.3 is 0 Å². The van der Waals surface area contributed by atoms with E-state index in [2.05, 4.69) is 17.2 Å². The number of hydrogen-bond acceptors (Lipinski definition) is 3. The van der Waals surface area contributed by atoms with Gasteiger partial charge in [0.1, 0.15) is 5.75 Å². The summed E-state index contributed by atoms with van der Waals surface area (Å²) in [6.45, 7) is 6.09. The lowest BCUT2D eigenvalue weighted by Crippen LogP contribution is -2.47. The maximum Gasteiger partial charge on any atom is 0.263 e. The van der Waals surface area contributed by atoms with Gasteiger partial charge in [-0.3, -0.25) is 4.79 Å². The summed E-state index contributed by atoms with van der Waals surface area (Å²) in [6.07, 6.45) is 2.06. The Balaban J connectivity index is 1.96. The molecule has 4 heteroatoms. The second-order valence-corrected chi connectivity index (χ2v) is 4.42. The molecule has 0 saturated heterocycles. The monoisotopic (exact) mass is 246 g/mol. The lowest BCUT2D eigenvalue weighted by Gasteiger charge is -2.27. The van der Waals surface area contributed by atoms with Crippen LogP contribution in [0.4, 0.5) is 5.69 Å². The Bertz CT molecular complexity index is 445. The molecular weight excluding hydrogens is 228 g/mol. The largest absolute Gasteiger partial charge is 0.477 e. The molecule has 2 atom stereocenters. The molecule has 4 nitrogen and oxygen atoms in total. The van der Waals surface area contributed by atoms with E-state index >= 15 is 0 Å². The lowest BCUT2D eigenvalue weighted by atomic mass is 10.2. The minimum absolute atomic E-state index is 0.0794. The summed E-state index contributed by atoms with van der Waals surface area (Å²) in [5.74, 6) is 0.631. The van der Waals surface area contributed by atoms with Crippen molar-refractivity contribution in [2.24, 2.45) is 0 Å². The Kier molecular flexibility index (Phi) is 3.87. The number of fused-ring (bicyclic) bond motifs is 1. The summed E-state index contributed by atoms with van der Waals surface area (Å²) >= 11 is 0. The van der Waals surface area contributed by atoms with Crippen molar-refractivity contribution in [2.45, 2.75) is 25.5 Å². The third-order valence-electron chi connectivity index (χ3n) is 2.84. The van der Waals surface area contributed by atoms with E-state index in [0.29, 0.717) is 6.54 Å². The highest BCUT2D eigenvalue weighted by atomic mass is 16.5.